The van der Waals surface area contributed by atoms with Crippen LogP contribution in [0, 0.1) is 0 Å². The van der Waals surface area contributed by atoms with Crippen LogP contribution in [-0.4, -0.2) is 7.11 Å². The maximum atomic E-state index is 5.73. The third kappa shape index (κ3) is 3.61. The molecule has 108 valence electrons. The fourth-order valence-electron chi connectivity index (χ4n) is 2.07. The monoisotopic (exact) mass is 354 g/mol. The normalized spacial score (nSPS) is 12.4. The molecule has 0 bridgehead atoms. The first kappa shape index (κ1) is 15.5. The molecule has 0 saturated heterocycles. The van der Waals surface area contributed by atoms with Gasteiger partial charge in [0.1, 0.15) is 5.75 Å². The van der Waals surface area contributed by atoms with Gasteiger partial charge in [0, 0.05) is 14.2 Å². The molecule has 3 N–H and O–H groups in total. The highest BCUT2D eigenvalue weighted by Gasteiger charge is 2.15. The molecule has 0 radical (unpaired) electrons. The molecule has 0 amide bonds. The number of benzene rings is 1. The van der Waals surface area contributed by atoms with Gasteiger partial charge in [-0.05, 0) is 48.7 Å². The number of hydrogen-bond donors (Lipinski definition) is 2. The Hall–Kier alpha value is -0.880. The predicted molar refractivity (Wildman–Crippen MR) is 88.2 cm³/mol. The number of halogens is 1. The van der Waals surface area contributed by atoms with Crippen LogP contribution in [-0.2, 0) is 12.8 Å². The highest BCUT2D eigenvalue weighted by Crippen LogP contribution is 2.30. The van der Waals surface area contributed by atoms with Crippen LogP contribution in [0.3, 0.4) is 0 Å². The number of nitrogens with two attached hydrogens (primary N) is 1. The Morgan fingerprint density at radius 2 is 2.15 bits per heavy atom. The molecule has 1 heterocycles. The van der Waals surface area contributed by atoms with Gasteiger partial charge in [-0.1, -0.05) is 22.9 Å². The average Bonchev–Trinajstić information content (AvgIpc) is 2.95. The molecular formula is C15H19BrN2OS. The molecule has 1 aromatic heterocycles. The molecule has 0 spiro atoms. The van der Waals surface area contributed by atoms with Gasteiger partial charge in [0.05, 0.1) is 13.2 Å². The number of nitrogens with one attached hydrogen (secondary N) is 1. The van der Waals surface area contributed by atoms with Crippen LogP contribution in [0.25, 0.3) is 0 Å². The number of hydrogen-bond acceptors (Lipinski definition) is 4. The smallest absolute Gasteiger partial charge is 0.119 e. The van der Waals surface area contributed by atoms with E-state index in [-0.39, 0.29) is 6.04 Å². The lowest BCUT2D eigenvalue weighted by atomic mass is 10.0. The van der Waals surface area contributed by atoms with E-state index in [9.17, 15) is 0 Å². The fourth-order valence-corrected chi connectivity index (χ4v) is 3.49. The first-order chi connectivity index (χ1) is 9.67. The van der Waals surface area contributed by atoms with E-state index in [0.29, 0.717) is 0 Å². The van der Waals surface area contributed by atoms with Gasteiger partial charge in [0.2, 0.25) is 0 Å². The Bertz CT molecular complexity index is 571. The summed E-state index contributed by atoms with van der Waals surface area (Å²) in [6.07, 6.45) is 1.88. The molecule has 0 aliphatic carbocycles. The molecule has 2 rings (SSSR count). The van der Waals surface area contributed by atoms with Gasteiger partial charge in [-0.3, -0.25) is 11.3 Å². The van der Waals surface area contributed by atoms with Crippen LogP contribution in [0.4, 0.5) is 0 Å². The number of methoxy groups -OCH3 is 1. The molecule has 2 aromatic rings. The second-order valence-electron chi connectivity index (χ2n) is 4.54. The molecule has 0 aliphatic heterocycles. The summed E-state index contributed by atoms with van der Waals surface area (Å²) in [6.45, 7) is 2.17. The van der Waals surface area contributed by atoms with Gasteiger partial charge in [0.25, 0.3) is 0 Å². The third-order valence-electron chi connectivity index (χ3n) is 3.25. The van der Waals surface area contributed by atoms with Gasteiger partial charge < -0.3 is 4.74 Å². The molecular weight excluding hydrogens is 336 g/mol. The van der Waals surface area contributed by atoms with Crippen LogP contribution in [0.15, 0.2) is 34.8 Å². The van der Waals surface area contributed by atoms with Crippen LogP contribution in [0.1, 0.15) is 28.3 Å². The van der Waals surface area contributed by atoms with Gasteiger partial charge in [-0.15, -0.1) is 11.3 Å². The maximum absolute atomic E-state index is 5.73. The van der Waals surface area contributed by atoms with Crippen LogP contribution >= 0.6 is 27.3 Å². The van der Waals surface area contributed by atoms with Gasteiger partial charge in [-0.25, -0.2) is 0 Å². The van der Waals surface area contributed by atoms with Gasteiger partial charge in [-0.2, -0.15) is 0 Å². The van der Waals surface area contributed by atoms with Crippen molar-refractivity contribution >= 4 is 27.3 Å². The van der Waals surface area contributed by atoms with Crippen molar-refractivity contribution in [3.8, 4) is 5.75 Å². The Morgan fingerprint density at radius 3 is 2.75 bits per heavy atom. The van der Waals surface area contributed by atoms with E-state index in [1.54, 1.807) is 7.11 Å². The van der Waals surface area contributed by atoms with E-state index in [0.717, 1.165) is 23.1 Å². The predicted octanol–water partition coefficient (Wildman–Crippen LogP) is 3.83. The van der Waals surface area contributed by atoms with Crippen molar-refractivity contribution in [3.05, 3.63) is 50.1 Å². The summed E-state index contributed by atoms with van der Waals surface area (Å²) in [4.78, 5) is 2.64. The van der Waals surface area contributed by atoms with Crippen molar-refractivity contribution in [2.75, 3.05) is 7.11 Å². The standard InChI is InChI=1S/C15H19BrN2OS/c1-3-12-5-7-15(20-12)14(18-17)9-10-8-11(19-2)4-6-13(10)16/h4-8,14,18H,3,9,17H2,1-2H3. The lowest BCUT2D eigenvalue weighted by molar-refractivity contribution is 0.413. The van der Waals surface area contributed by atoms with Crippen LogP contribution in [0.2, 0.25) is 0 Å². The quantitative estimate of drug-likeness (QED) is 0.612. The Labute approximate surface area is 132 Å². The van der Waals surface area contributed by atoms with Crippen molar-refractivity contribution in [1.82, 2.24) is 5.43 Å². The average molecular weight is 355 g/mol. The molecule has 1 unspecified atom stereocenters. The van der Waals surface area contributed by atoms with Gasteiger partial charge in [0.15, 0.2) is 0 Å². The molecule has 5 heteroatoms. The minimum absolute atomic E-state index is 0.115. The van der Waals surface area contributed by atoms with E-state index in [1.165, 1.54) is 15.3 Å². The lowest BCUT2D eigenvalue weighted by Crippen LogP contribution is -2.29. The highest BCUT2D eigenvalue weighted by molar-refractivity contribution is 9.10. The van der Waals surface area contributed by atoms with E-state index in [4.69, 9.17) is 10.6 Å². The molecule has 3 nitrogen and oxygen atoms in total. The summed E-state index contributed by atoms with van der Waals surface area (Å²) in [6, 6.07) is 10.4. The van der Waals surface area contributed by atoms with Crippen molar-refractivity contribution < 1.29 is 4.74 Å². The van der Waals surface area contributed by atoms with Crippen molar-refractivity contribution in [1.29, 1.82) is 0 Å². The molecule has 1 atom stereocenters. The van der Waals surface area contributed by atoms with Crippen molar-refractivity contribution in [2.24, 2.45) is 5.84 Å². The fraction of sp³-hybridized carbons (Fsp3) is 0.333. The van der Waals surface area contributed by atoms with Crippen LogP contribution < -0.4 is 16.0 Å². The molecule has 0 aliphatic rings. The molecule has 0 saturated carbocycles. The SMILES string of the molecule is CCc1ccc(C(Cc2cc(OC)ccc2Br)NN)s1. The summed E-state index contributed by atoms with van der Waals surface area (Å²) in [5, 5.41) is 0. The Kier molecular flexibility index (Phi) is 5.60. The first-order valence-electron chi connectivity index (χ1n) is 6.55. The summed E-state index contributed by atoms with van der Waals surface area (Å²) >= 11 is 5.40. The van der Waals surface area contributed by atoms with E-state index < -0.39 is 0 Å². The van der Waals surface area contributed by atoms with Crippen molar-refractivity contribution in [3.63, 3.8) is 0 Å². The third-order valence-corrected chi connectivity index (χ3v) is 5.37. The minimum Gasteiger partial charge on any atom is -0.497 e. The highest BCUT2D eigenvalue weighted by atomic mass is 79.9. The first-order valence-corrected chi connectivity index (χ1v) is 8.16. The molecule has 0 fully saturated rings. The van der Waals surface area contributed by atoms with Crippen LogP contribution in [0.5, 0.6) is 5.75 Å². The minimum atomic E-state index is 0.115. The largest absolute Gasteiger partial charge is 0.497 e. The summed E-state index contributed by atoms with van der Waals surface area (Å²) in [5.41, 5.74) is 4.10. The van der Waals surface area contributed by atoms with E-state index >= 15 is 0 Å². The topological polar surface area (TPSA) is 47.3 Å². The summed E-state index contributed by atoms with van der Waals surface area (Å²) < 4.78 is 6.36. The number of ether oxygens (including phenoxy) is 1. The number of hydrazine groups is 1. The number of thiophene rings is 1. The summed E-state index contributed by atoms with van der Waals surface area (Å²) in [7, 11) is 1.68. The lowest BCUT2D eigenvalue weighted by Gasteiger charge is -2.16. The van der Waals surface area contributed by atoms with Gasteiger partial charge >= 0.3 is 0 Å². The van der Waals surface area contributed by atoms with E-state index in [1.807, 2.05) is 29.5 Å². The zero-order valence-corrected chi connectivity index (χ0v) is 14.1. The zero-order chi connectivity index (χ0) is 14.5. The second kappa shape index (κ2) is 7.22. The Morgan fingerprint density at radius 1 is 1.35 bits per heavy atom. The number of aryl methyl sites for hydroxylation is 1. The second-order valence-corrected chi connectivity index (χ2v) is 6.59. The molecule has 1 aromatic carbocycles. The van der Waals surface area contributed by atoms with Crippen molar-refractivity contribution in [2.45, 2.75) is 25.8 Å². The summed E-state index contributed by atoms with van der Waals surface area (Å²) in [5.74, 6) is 6.59. The molecule has 20 heavy (non-hydrogen) atoms. The van der Waals surface area contributed by atoms with E-state index in [2.05, 4.69) is 40.4 Å². The zero-order valence-electron chi connectivity index (χ0n) is 11.7. The maximum Gasteiger partial charge on any atom is 0.119 e. The Balaban J connectivity index is 2.21. The number of rotatable bonds is 6.